The fourth-order valence-corrected chi connectivity index (χ4v) is 1.07. The molecule has 0 radical (unpaired) electrons. The van der Waals surface area contributed by atoms with Crippen LogP contribution in [0.5, 0.6) is 0 Å². The number of nitrogens with two attached hydrogens (primary N) is 1. The average molecular weight is 185 g/mol. The van der Waals surface area contributed by atoms with Crippen LogP contribution < -0.4 is 5.73 Å². The van der Waals surface area contributed by atoms with E-state index in [4.69, 9.17) is 11.0 Å². The van der Waals surface area contributed by atoms with Crippen molar-refractivity contribution in [3.05, 3.63) is 36.4 Å². The smallest absolute Gasteiger partial charge is 0.140 e. The summed E-state index contributed by atoms with van der Waals surface area (Å²) >= 11 is 0. The second-order valence-corrected chi connectivity index (χ2v) is 2.73. The normalized spacial score (nSPS) is 9.64. The van der Waals surface area contributed by atoms with Crippen LogP contribution >= 0.6 is 0 Å². The molecule has 2 aromatic heterocycles. The third-order valence-corrected chi connectivity index (χ3v) is 1.73. The molecule has 0 amide bonds. The van der Waals surface area contributed by atoms with Gasteiger partial charge in [-0.3, -0.25) is 0 Å². The van der Waals surface area contributed by atoms with Crippen LogP contribution in [-0.4, -0.2) is 14.8 Å². The Hall–Kier alpha value is -2.35. The van der Waals surface area contributed by atoms with Gasteiger partial charge in [0.05, 0.1) is 30.0 Å². The first-order valence-corrected chi connectivity index (χ1v) is 3.96. The molecule has 0 bridgehead atoms. The Bertz CT molecular complexity index is 477. The number of hydrogen-bond acceptors (Lipinski definition) is 4. The minimum absolute atomic E-state index is 0.383. The summed E-state index contributed by atoms with van der Waals surface area (Å²) in [6.07, 6.45) is 4.81. The van der Waals surface area contributed by atoms with Gasteiger partial charge in [-0.2, -0.15) is 10.4 Å². The molecule has 14 heavy (non-hydrogen) atoms. The van der Waals surface area contributed by atoms with Gasteiger partial charge in [0.25, 0.3) is 0 Å². The van der Waals surface area contributed by atoms with Gasteiger partial charge in [0.1, 0.15) is 11.8 Å². The zero-order chi connectivity index (χ0) is 9.97. The molecule has 5 nitrogen and oxygen atoms in total. The van der Waals surface area contributed by atoms with Crippen molar-refractivity contribution >= 4 is 5.69 Å². The van der Waals surface area contributed by atoms with E-state index in [1.165, 1.54) is 0 Å². The van der Waals surface area contributed by atoms with Gasteiger partial charge < -0.3 is 5.73 Å². The summed E-state index contributed by atoms with van der Waals surface area (Å²) < 4.78 is 1.60. The number of rotatable bonds is 1. The van der Waals surface area contributed by atoms with Crippen LogP contribution in [0.4, 0.5) is 5.69 Å². The number of aromatic nitrogens is 3. The summed E-state index contributed by atoms with van der Waals surface area (Å²) in [5.74, 6) is 0. The topological polar surface area (TPSA) is 80.5 Å². The summed E-state index contributed by atoms with van der Waals surface area (Å²) in [5.41, 5.74) is 7.27. The van der Waals surface area contributed by atoms with Gasteiger partial charge >= 0.3 is 0 Å². The summed E-state index contributed by atoms with van der Waals surface area (Å²) in [7, 11) is 0. The largest absolute Gasteiger partial charge is 0.396 e. The van der Waals surface area contributed by atoms with Crippen molar-refractivity contribution in [1.29, 1.82) is 5.26 Å². The Labute approximate surface area is 80.4 Å². The molecular formula is C9H7N5. The number of pyridine rings is 1. The van der Waals surface area contributed by atoms with Crippen LogP contribution in [0.25, 0.3) is 5.69 Å². The van der Waals surface area contributed by atoms with Crippen LogP contribution in [0, 0.1) is 11.3 Å². The highest BCUT2D eigenvalue weighted by Crippen LogP contribution is 2.07. The zero-order valence-electron chi connectivity index (χ0n) is 7.25. The molecule has 5 heteroatoms. The minimum Gasteiger partial charge on any atom is -0.396 e. The van der Waals surface area contributed by atoms with Gasteiger partial charge in [0, 0.05) is 0 Å². The second-order valence-electron chi connectivity index (χ2n) is 2.73. The van der Waals surface area contributed by atoms with Gasteiger partial charge in [-0.1, -0.05) is 0 Å². The molecule has 68 valence electrons. The highest BCUT2D eigenvalue weighted by atomic mass is 15.3. The lowest BCUT2D eigenvalue weighted by Gasteiger charge is -1.98. The van der Waals surface area contributed by atoms with E-state index < -0.39 is 0 Å². The highest BCUT2D eigenvalue weighted by molar-refractivity contribution is 5.38. The fraction of sp³-hybridized carbons (Fsp3) is 0. The molecule has 2 aromatic rings. The monoisotopic (exact) mass is 185 g/mol. The molecule has 2 rings (SSSR count). The van der Waals surface area contributed by atoms with Gasteiger partial charge in [0.2, 0.25) is 0 Å². The molecule has 2 heterocycles. The van der Waals surface area contributed by atoms with Crippen LogP contribution in [-0.2, 0) is 0 Å². The predicted octanol–water partition coefficient (Wildman–Crippen LogP) is 0.721. The van der Waals surface area contributed by atoms with E-state index in [-0.39, 0.29) is 0 Å². The van der Waals surface area contributed by atoms with E-state index in [1.807, 2.05) is 6.07 Å². The predicted molar refractivity (Wildman–Crippen MR) is 50.5 cm³/mol. The molecule has 0 aliphatic heterocycles. The standard InChI is InChI=1S/C9H7N5/c10-3-8-1-2-9(5-12-8)14-6-7(11)4-13-14/h1-2,4-6H,11H2. The van der Waals surface area contributed by atoms with Crippen molar-refractivity contribution in [2.75, 3.05) is 5.73 Å². The van der Waals surface area contributed by atoms with Crippen molar-refractivity contribution in [3.8, 4) is 11.8 Å². The summed E-state index contributed by atoms with van der Waals surface area (Å²) in [5, 5.41) is 12.6. The molecule has 0 aliphatic carbocycles. The molecule has 0 spiro atoms. The lowest BCUT2D eigenvalue weighted by molar-refractivity contribution is 0.873. The Morgan fingerprint density at radius 2 is 2.21 bits per heavy atom. The van der Waals surface area contributed by atoms with Gasteiger partial charge in [-0.05, 0) is 12.1 Å². The Balaban J connectivity index is 2.39. The summed E-state index contributed by atoms with van der Waals surface area (Å²) in [6.45, 7) is 0. The number of nitrogen functional groups attached to an aromatic ring is 1. The second kappa shape index (κ2) is 3.18. The fourth-order valence-electron chi connectivity index (χ4n) is 1.07. The van der Waals surface area contributed by atoms with E-state index in [0.717, 1.165) is 5.69 Å². The minimum atomic E-state index is 0.383. The van der Waals surface area contributed by atoms with Gasteiger partial charge in [0.15, 0.2) is 0 Å². The zero-order valence-corrected chi connectivity index (χ0v) is 7.25. The van der Waals surface area contributed by atoms with E-state index in [2.05, 4.69) is 10.1 Å². The van der Waals surface area contributed by atoms with Crippen molar-refractivity contribution in [1.82, 2.24) is 14.8 Å². The SMILES string of the molecule is N#Cc1ccc(-n2cc(N)cn2)cn1. The molecule has 0 aromatic carbocycles. The third-order valence-electron chi connectivity index (χ3n) is 1.73. The Morgan fingerprint density at radius 1 is 1.36 bits per heavy atom. The number of nitriles is 1. The van der Waals surface area contributed by atoms with Crippen LogP contribution in [0.15, 0.2) is 30.7 Å². The lowest BCUT2D eigenvalue weighted by Crippen LogP contribution is -1.95. The lowest BCUT2D eigenvalue weighted by atomic mass is 10.3. The summed E-state index contributed by atoms with van der Waals surface area (Å²) in [6, 6.07) is 5.34. The highest BCUT2D eigenvalue weighted by Gasteiger charge is 1.98. The molecular weight excluding hydrogens is 178 g/mol. The molecule has 0 saturated heterocycles. The quantitative estimate of drug-likeness (QED) is 0.709. The van der Waals surface area contributed by atoms with E-state index >= 15 is 0 Å². The number of anilines is 1. The maximum absolute atomic E-state index is 8.55. The maximum atomic E-state index is 8.55. The van der Waals surface area contributed by atoms with Crippen molar-refractivity contribution in [2.24, 2.45) is 0 Å². The molecule has 0 atom stereocenters. The van der Waals surface area contributed by atoms with Crippen molar-refractivity contribution < 1.29 is 0 Å². The molecule has 2 N–H and O–H groups in total. The molecule has 0 unspecified atom stereocenters. The molecule has 0 fully saturated rings. The summed E-state index contributed by atoms with van der Waals surface area (Å²) in [4.78, 5) is 3.92. The van der Waals surface area contributed by atoms with Gasteiger partial charge in [-0.15, -0.1) is 0 Å². The van der Waals surface area contributed by atoms with E-state index in [0.29, 0.717) is 11.4 Å². The number of hydrogen-bond donors (Lipinski definition) is 1. The Morgan fingerprint density at radius 3 is 2.71 bits per heavy atom. The van der Waals surface area contributed by atoms with Crippen LogP contribution in [0.2, 0.25) is 0 Å². The van der Waals surface area contributed by atoms with E-state index in [9.17, 15) is 0 Å². The first-order chi connectivity index (χ1) is 6.79. The molecule has 0 aliphatic rings. The van der Waals surface area contributed by atoms with Gasteiger partial charge in [-0.25, -0.2) is 9.67 Å². The van der Waals surface area contributed by atoms with E-state index in [1.54, 1.807) is 35.4 Å². The maximum Gasteiger partial charge on any atom is 0.140 e. The van der Waals surface area contributed by atoms with Crippen LogP contribution in [0.3, 0.4) is 0 Å². The first kappa shape index (κ1) is 8.26. The number of nitrogens with zero attached hydrogens (tertiary/aromatic N) is 4. The first-order valence-electron chi connectivity index (χ1n) is 3.96. The average Bonchev–Trinajstić information content (AvgIpc) is 2.65. The third kappa shape index (κ3) is 1.41. The van der Waals surface area contributed by atoms with Crippen molar-refractivity contribution in [2.45, 2.75) is 0 Å². The van der Waals surface area contributed by atoms with Crippen LogP contribution in [0.1, 0.15) is 5.69 Å². The Kier molecular flexibility index (Phi) is 1.88. The van der Waals surface area contributed by atoms with Crippen molar-refractivity contribution in [3.63, 3.8) is 0 Å². The molecule has 0 saturated carbocycles.